The van der Waals surface area contributed by atoms with Crippen molar-refractivity contribution in [3.05, 3.63) is 30.0 Å². The quantitative estimate of drug-likeness (QED) is 0.0641. The van der Waals surface area contributed by atoms with Crippen LogP contribution in [0.2, 0.25) is 0 Å². The first-order chi connectivity index (χ1) is 21.3. The summed E-state index contributed by atoms with van der Waals surface area (Å²) in [5, 5.41) is 31.0. The van der Waals surface area contributed by atoms with Crippen molar-refractivity contribution in [2.45, 2.75) is 59.0 Å². The second-order valence-electron chi connectivity index (χ2n) is 11.1. The van der Waals surface area contributed by atoms with Crippen LogP contribution in [0.25, 0.3) is 10.9 Å². The molecule has 0 bridgehead atoms. The van der Waals surface area contributed by atoms with E-state index in [9.17, 15) is 39.0 Å². The highest BCUT2D eigenvalue weighted by Gasteiger charge is 2.35. The molecule has 2 rings (SSSR count). The number of amides is 4. The average molecular weight is 650 g/mol. The molecule has 1 aromatic carbocycles. The second-order valence-corrected chi connectivity index (χ2v) is 12.2. The second kappa shape index (κ2) is 18.6. The Labute approximate surface area is 265 Å². The number of benzene rings is 1. The van der Waals surface area contributed by atoms with Gasteiger partial charge < -0.3 is 41.2 Å². The highest BCUT2D eigenvalue weighted by atomic mass is 32.2. The molecule has 14 nitrogen and oxygen atoms in total. The lowest BCUT2D eigenvalue weighted by atomic mass is 9.87. The monoisotopic (exact) mass is 649 g/mol. The number of aliphatic hydroxyl groups excluding tert-OH is 1. The molecule has 1 aromatic heterocycles. The Hall–Kier alpha value is -4.11. The minimum Gasteiger partial charge on any atom is -0.508 e. The molecule has 0 saturated heterocycles. The van der Waals surface area contributed by atoms with E-state index in [1.165, 1.54) is 6.92 Å². The number of aromatic amines is 1. The number of aromatic nitrogens is 1. The van der Waals surface area contributed by atoms with Crippen LogP contribution in [0.5, 0.6) is 5.75 Å². The van der Waals surface area contributed by atoms with Crippen molar-refractivity contribution in [1.29, 1.82) is 0 Å². The number of carbonyl (C=O) groups is 6. The van der Waals surface area contributed by atoms with Crippen LogP contribution in [-0.4, -0.2) is 94.6 Å². The largest absolute Gasteiger partial charge is 0.508 e. The molecule has 4 amide bonds. The summed E-state index contributed by atoms with van der Waals surface area (Å²) < 4.78 is 5.16. The maximum absolute atomic E-state index is 12.3. The van der Waals surface area contributed by atoms with Gasteiger partial charge in [0, 0.05) is 74.2 Å². The van der Waals surface area contributed by atoms with Gasteiger partial charge in [-0.3, -0.25) is 28.8 Å². The summed E-state index contributed by atoms with van der Waals surface area (Å²) in [6.07, 6.45) is 0.977. The highest BCUT2D eigenvalue weighted by Crippen LogP contribution is 2.23. The molecule has 0 saturated carbocycles. The minimum absolute atomic E-state index is 0.0350. The van der Waals surface area contributed by atoms with E-state index in [4.69, 9.17) is 4.74 Å². The number of aromatic hydroxyl groups is 1. The van der Waals surface area contributed by atoms with E-state index >= 15 is 0 Å². The Balaban J connectivity index is 1.54. The topological polar surface area (TPSA) is 216 Å². The number of ether oxygens (including phenoxy) is 1. The zero-order valence-electron chi connectivity index (χ0n) is 25.8. The number of phenolic OH excluding ortho intramolecular Hbond substituents is 1. The standard InChI is InChI=1S/C30H43N5O9S/c1-19(36)31-10-4-5-26(40)44-18-30(2,3)28(42)29(43)34-12-9-24(38)33-13-14-45-27(41)16-25(39)32-11-8-20-17-35-23-7-6-21(37)15-22(20)23/h6-7,15,17,28,35,37,42H,4-5,8-14,16,18H2,1-3H3,(H,31,36)(H,32,39)(H,33,38)(H,34,43)/t28-/m0/s1. The lowest BCUT2D eigenvalue weighted by molar-refractivity contribution is -0.153. The van der Waals surface area contributed by atoms with E-state index < -0.39 is 29.3 Å². The summed E-state index contributed by atoms with van der Waals surface area (Å²) >= 11 is 0.927. The number of aliphatic hydroxyl groups is 1. The summed E-state index contributed by atoms with van der Waals surface area (Å²) in [5.74, 6) is -1.77. The molecule has 1 heterocycles. The van der Waals surface area contributed by atoms with Crippen molar-refractivity contribution >= 4 is 57.4 Å². The molecule has 0 aliphatic carbocycles. The third kappa shape index (κ3) is 14.0. The van der Waals surface area contributed by atoms with E-state index in [2.05, 4.69) is 26.3 Å². The molecule has 0 unspecified atom stereocenters. The number of hydrogen-bond acceptors (Lipinski definition) is 10. The van der Waals surface area contributed by atoms with Crippen LogP contribution < -0.4 is 21.3 Å². The number of nitrogens with one attached hydrogen (secondary N) is 5. The van der Waals surface area contributed by atoms with Crippen molar-refractivity contribution in [2.24, 2.45) is 5.41 Å². The maximum atomic E-state index is 12.3. The van der Waals surface area contributed by atoms with Crippen LogP contribution >= 0.6 is 11.8 Å². The first-order valence-electron chi connectivity index (χ1n) is 14.6. The average Bonchev–Trinajstić information content (AvgIpc) is 3.37. The van der Waals surface area contributed by atoms with E-state index in [0.29, 0.717) is 25.9 Å². The molecule has 2 aromatic rings. The molecule has 0 radical (unpaired) electrons. The molecule has 15 heteroatoms. The van der Waals surface area contributed by atoms with E-state index in [0.717, 1.165) is 28.2 Å². The SMILES string of the molecule is CC(=O)NCCCC(=O)OCC(C)(C)[C@@H](O)C(=O)NCCC(=O)NCCSC(=O)CC(=O)NCCc1c[nH]c2ccc(O)cc12. The maximum Gasteiger partial charge on any atom is 0.305 e. The van der Waals surface area contributed by atoms with Crippen LogP contribution in [0.4, 0.5) is 0 Å². The molecular formula is C30H43N5O9S. The Morgan fingerprint density at radius 1 is 0.956 bits per heavy atom. The molecule has 7 N–H and O–H groups in total. The van der Waals surface area contributed by atoms with Gasteiger partial charge in [0.2, 0.25) is 23.6 Å². The Morgan fingerprint density at radius 3 is 2.42 bits per heavy atom. The fourth-order valence-corrected chi connectivity index (χ4v) is 4.73. The van der Waals surface area contributed by atoms with Gasteiger partial charge >= 0.3 is 5.97 Å². The Bertz CT molecular complexity index is 1340. The number of fused-ring (bicyclic) bond motifs is 1. The van der Waals surface area contributed by atoms with Gasteiger partial charge in [-0.15, -0.1) is 0 Å². The van der Waals surface area contributed by atoms with Gasteiger partial charge in [-0.2, -0.15) is 0 Å². The van der Waals surface area contributed by atoms with Gasteiger partial charge in [0.25, 0.3) is 0 Å². The van der Waals surface area contributed by atoms with Gasteiger partial charge in [-0.05, 0) is 36.6 Å². The Morgan fingerprint density at radius 2 is 1.69 bits per heavy atom. The first kappa shape index (κ1) is 37.1. The fraction of sp³-hybridized carbons (Fsp3) is 0.533. The van der Waals surface area contributed by atoms with Gasteiger partial charge in [0.05, 0.1) is 13.0 Å². The van der Waals surface area contributed by atoms with Gasteiger partial charge in [0.15, 0.2) is 5.12 Å². The molecule has 0 fully saturated rings. The fourth-order valence-electron chi connectivity index (χ4n) is 4.06. The van der Waals surface area contributed by atoms with Crippen LogP contribution in [0, 0.1) is 5.41 Å². The summed E-state index contributed by atoms with van der Waals surface area (Å²) in [5.41, 5.74) is 0.729. The van der Waals surface area contributed by atoms with Crippen molar-refractivity contribution in [3.63, 3.8) is 0 Å². The highest BCUT2D eigenvalue weighted by molar-refractivity contribution is 8.13. The van der Waals surface area contributed by atoms with E-state index in [-0.39, 0.29) is 67.4 Å². The van der Waals surface area contributed by atoms with Crippen molar-refractivity contribution in [3.8, 4) is 5.75 Å². The van der Waals surface area contributed by atoms with Crippen LogP contribution in [-0.2, 0) is 39.9 Å². The predicted octanol–water partition coefficient (Wildman–Crippen LogP) is 0.651. The predicted molar refractivity (Wildman–Crippen MR) is 168 cm³/mol. The number of carbonyl (C=O) groups excluding carboxylic acids is 6. The van der Waals surface area contributed by atoms with Crippen LogP contribution in [0.3, 0.4) is 0 Å². The number of phenols is 1. The smallest absolute Gasteiger partial charge is 0.305 e. The molecule has 248 valence electrons. The third-order valence-electron chi connectivity index (χ3n) is 6.64. The summed E-state index contributed by atoms with van der Waals surface area (Å²) in [4.78, 5) is 74.5. The Kier molecular flexibility index (Phi) is 15.4. The molecule has 0 spiro atoms. The summed E-state index contributed by atoms with van der Waals surface area (Å²) in [7, 11) is 0. The zero-order chi connectivity index (χ0) is 33.4. The van der Waals surface area contributed by atoms with E-state index in [1.807, 2.05) is 6.20 Å². The van der Waals surface area contributed by atoms with Gasteiger partial charge in [-0.1, -0.05) is 25.6 Å². The lowest BCUT2D eigenvalue weighted by Gasteiger charge is -2.29. The van der Waals surface area contributed by atoms with Crippen molar-refractivity contribution in [2.75, 3.05) is 38.5 Å². The van der Waals surface area contributed by atoms with Crippen LogP contribution in [0.15, 0.2) is 24.4 Å². The van der Waals surface area contributed by atoms with Crippen LogP contribution in [0.1, 0.15) is 52.0 Å². The minimum atomic E-state index is -1.49. The summed E-state index contributed by atoms with van der Waals surface area (Å²) in [6.45, 7) is 5.12. The normalized spacial score (nSPS) is 11.8. The number of thioether (sulfide) groups is 1. The van der Waals surface area contributed by atoms with Gasteiger partial charge in [0.1, 0.15) is 11.9 Å². The first-order valence-corrected chi connectivity index (χ1v) is 15.6. The molecule has 0 aliphatic rings. The number of H-pyrrole nitrogens is 1. The number of esters is 1. The molecule has 45 heavy (non-hydrogen) atoms. The van der Waals surface area contributed by atoms with Crippen molar-refractivity contribution < 1.29 is 43.7 Å². The molecular weight excluding hydrogens is 606 g/mol. The lowest BCUT2D eigenvalue weighted by Crippen LogP contribution is -2.47. The van der Waals surface area contributed by atoms with Crippen molar-refractivity contribution in [1.82, 2.24) is 26.3 Å². The summed E-state index contributed by atoms with van der Waals surface area (Å²) in [6, 6.07) is 5.00. The van der Waals surface area contributed by atoms with E-state index in [1.54, 1.807) is 32.0 Å². The number of rotatable bonds is 19. The third-order valence-corrected chi connectivity index (χ3v) is 7.51. The zero-order valence-corrected chi connectivity index (χ0v) is 26.6. The van der Waals surface area contributed by atoms with Gasteiger partial charge in [-0.25, -0.2) is 0 Å². The molecule has 1 atom stereocenters. The molecule has 0 aliphatic heterocycles. The number of hydrogen-bond donors (Lipinski definition) is 7.